The highest BCUT2D eigenvalue weighted by Crippen LogP contribution is 2.07. The summed E-state index contributed by atoms with van der Waals surface area (Å²) in [7, 11) is 3.18. The Hall–Kier alpha value is -1.85. The van der Waals surface area contributed by atoms with E-state index in [-0.39, 0.29) is 5.69 Å². The maximum absolute atomic E-state index is 11.8. The number of carboxylic acid groups (broad SMARTS) is 1. The predicted octanol–water partition coefficient (Wildman–Crippen LogP) is 0.274. The predicted molar refractivity (Wildman–Crippen MR) is 57.1 cm³/mol. The summed E-state index contributed by atoms with van der Waals surface area (Å²) < 4.78 is 1.58. The molecule has 0 bridgehead atoms. The monoisotopic (exact) mass is 225 g/mol. The summed E-state index contributed by atoms with van der Waals surface area (Å²) in [6.45, 7) is 3.28. The third-order valence-electron chi connectivity index (χ3n) is 2.59. The summed E-state index contributed by atoms with van der Waals surface area (Å²) >= 11 is 0. The van der Waals surface area contributed by atoms with Gasteiger partial charge in [-0.15, -0.1) is 0 Å². The SMILES string of the molecule is Cc1cc(C(=O)N(C)C(C)C(=O)O)nn1C. The van der Waals surface area contributed by atoms with E-state index < -0.39 is 17.9 Å². The molecular formula is C10H15N3O3. The van der Waals surface area contributed by atoms with Crippen LogP contribution in [-0.2, 0) is 11.8 Å². The van der Waals surface area contributed by atoms with E-state index in [1.807, 2.05) is 6.92 Å². The van der Waals surface area contributed by atoms with E-state index in [1.165, 1.54) is 14.0 Å². The molecule has 0 radical (unpaired) electrons. The zero-order valence-electron chi connectivity index (χ0n) is 9.76. The van der Waals surface area contributed by atoms with Crippen LogP contribution in [-0.4, -0.2) is 44.8 Å². The number of amides is 1. The minimum absolute atomic E-state index is 0.260. The van der Waals surface area contributed by atoms with Gasteiger partial charge < -0.3 is 10.0 Å². The van der Waals surface area contributed by atoms with Crippen LogP contribution in [0.15, 0.2) is 6.07 Å². The molecule has 6 nitrogen and oxygen atoms in total. The molecule has 0 aliphatic heterocycles. The van der Waals surface area contributed by atoms with Gasteiger partial charge in [0.25, 0.3) is 5.91 Å². The van der Waals surface area contributed by atoms with Crippen LogP contribution < -0.4 is 0 Å². The van der Waals surface area contributed by atoms with E-state index in [0.717, 1.165) is 10.6 Å². The van der Waals surface area contributed by atoms with Gasteiger partial charge in [-0.05, 0) is 19.9 Å². The van der Waals surface area contributed by atoms with Crippen molar-refractivity contribution in [3.63, 3.8) is 0 Å². The number of aliphatic carboxylic acids is 1. The minimum atomic E-state index is -1.04. The van der Waals surface area contributed by atoms with Crippen LogP contribution >= 0.6 is 0 Å². The molecule has 1 unspecified atom stereocenters. The van der Waals surface area contributed by atoms with E-state index in [9.17, 15) is 9.59 Å². The van der Waals surface area contributed by atoms with Gasteiger partial charge in [0.15, 0.2) is 5.69 Å². The smallest absolute Gasteiger partial charge is 0.326 e. The van der Waals surface area contributed by atoms with E-state index in [2.05, 4.69) is 5.10 Å². The number of aromatic nitrogens is 2. The zero-order chi connectivity index (χ0) is 12.5. The van der Waals surface area contributed by atoms with Gasteiger partial charge in [-0.3, -0.25) is 9.48 Å². The number of hydrogen-bond donors (Lipinski definition) is 1. The molecule has 0 saturated carbocycles. The fraction of sp³-hybridized carbons (Fsp3) is 0.500. The molecule has 1 heterocycles. The Morgan fingerprint density at radius 2 is 2.12 bits per heavy atom. The molecule has 1 rings (SSSR count). The quantitative estimate of drug-likeness (QED) is 0.801. The first-order valence-electron chi connectivity index (χ1n) is 4.85. The Labute approximate surface area is 93.5 Å². The lowest BCUT2D eigenvalue weighted by atomic mass is 10.2. The molecule has 0 fully saturated rings. The number of rotatable bonds is 3. The van der Waals surface area contributed by atoms with Gasteiger partial charge in [-0.2, -0.15) is 5.10 Å². The van der Waals surface area contributed by atoms with Crippen LogP contribution in [0.25, 0.3) is 0 Å². The lowest BCUT2D eigenvalue weighted by molar-refractivity contribution is -0.141. The first kappa shape index (κ1) is 12.2. The third-order valence-corrected chi connectivity index (χ3v) is 2.59. The minimum Gasteiger partial charge on any atom is -0.480 e. The number of carbonyl (C=O) groups excluding carboxylic acids is 1. The van der Waals surface area contributed by atoms with Crippen LogP contribution in [0.3, 0.4) is 0 Å². The molecule has 1 aromatic rings. The normalized spacial score (nSPS) is 12.2. The summed E-state index contributed by atoms with van der Waals surface area (Å²) in [5.41, 5.74) is 1.11. The maximum Gasteiger partial charge on any atom is 0.326 e. The summed E-state index contributed by atoms with van der Waals surface area (Å²) in [4.78, 5) is 23.7. The van der Waals surface area contributed by atoms with E-state index in [0.29, 0.717) is 0 Å². The molecule has 1 amide bonds. The average Bonchev–Trinajstić information content (AvgIpc) is 2.55. The van der Waals surface area contributed by atoms with Crippen molar-refractivity contribution < 1.29 is 14.7 Å². The molecule has 1 atom stereocenters. The van der Waals surface area contributed by atoms with Crippen molar-refractivity contribution in [1.82, 2.24) is 14.7 Å². The fourth-order valence-electron chi connectivity index (χ4n) is 1.19. The fourth-order valence-corrected chi connectivity index (χ4v) is 1.19. The molecule has 1 aromatic heterocycles. The highest BCUT2D eigenvalue weighted by Gasteiger charge is 2.24. The van der Waals surface area contributed by atoms with Gasteiger partial charge in [0.2, 0.25) is 0 Å². The largest absolute Gasteiger partial charge is 0.480 e. The average molecular weight is 225 g/mol. The first-order chi connectivity index (χ1) is 7.34. The third kappa shape index (κ3) is 2.21. The lowest BCUT2D eigenvalue weighted by Gasteiger charge is -2.20. The van der Waals surface area contributed by atoms with Crippen LogP contribution in [0, 0.1) is 6.92 Å². The Morgan fingerprint density at radius 1 is 1.56 bits per heavy atom. The summed E-state index contributed by atoms with van der Waals surface area (Å²) in [5.74, 6) is -1.43. The molecule has 1 N–H and O–H groups in total. The summed E-state index contributed by atoms with van der Waals surface area (Å²) in [6, 6.07) is 0.766. The number of aryl methyl sites for hydroxylation is 2. The van der Waals surface area contributed by atoms with Gasteiger partial charge in [-0.1, -0.05) is 0 Å². The van der Waals surface area contributed by atoms with Crippen molar-refractivity contribution in [2.45, 2.75) is 19.9 Å². The van der Waals surface area contributed by atoms with Crippen LogP contribution in [0.5, 0.6) is 0 Å². The number of carboxylic acids is 1. The van der Waals surface area contributed by atoms with Gasteiger partial charge >= 0.3 is 5.97 Å². The topological polar surface area (TPSA) is 75.4 Å². The molecule has 6 heteroatoms. The Bertz CT molecular complexity index is 405. The van der Waals surface area contributed by atoms with Crippen LogP contribution in [0.4, 0.5) is 0 Å². The molecular weight excluding hydrogens is 210 g/mol. The summed E-state index contributed by atoms with van der Waals surface area (Å²) in [5, 5.41) is 12.8. The van der Waals surface area contributed by atoms with Gasteiger partial charge in [-0.25, -0.2) is 4.79 Å². The second-order valence-electron chi connectivity index (χ2n) is 3.72. The van der Waals surface area contributed by atoms with E-state index in [1.54, 1.807) is 17.8 Å². The van der Waals surface area contributed by atoms with Crippen molar-refractivity contribution in [2.24, 2.45) is 7.05 Å². The lowest BCUT2D eigenvalue weighted by Crippen LogP contribution is -2.40. The Kier molecular flexibility index (Phi) is 3.31. The van der Waals surface area contributed by atoms with E-state index in [4.69, 9.17) is 5.11 Å². The second kappa shape index (κ2) is 4.34. The van der Waals surface area contributed by atoms with Gasteiger partial charge in [0.1, 0.15) is 6.04 Å². The molecule has 88 valence electrons. The highest BCUT2D eigenvalue weighted by atomic mass is 16.4. The standard InChI is InChI=1S/C10H15N3O3/c1-6-5-8(11-13(6)4)9(14)12(3)7(2)10(15)16/h5,7H,1-4H3,(H,15,16). The Balaban J connectivity index is 2.90. The second-order valence-corrected chi connectivity index (χ2v) is 3.72. The molecule has 0 saturated heterocycles. The maximum atomic E-state index is 11.8. The summed E-state index contributed by atoms with van der Waals surface area (Å²) in [6.07, 6.45) is 0. The van der Waals surface area contributed by atoms with E-state index >= 15 is 0 Å². The number of likely N-dealkylation sites (N-methyl/N-ethyl adjacent to an activating group) is 1. The zero-order valence-corrected chi connectivity index (χ0v) is 9.76. The van der Waals surface area contributed by atoms with Crippen LogP contribution in [0.1, 0.15) is 23.1 Å². The molecule has 16 heavy (non-hydrogen) atoms. The van der Waals surface area contributed by atoms with Crippen LogP contribution in [0.2, 0.25) is 0 Å². The number of nitrogens with zero attached hydrogens (tertiary/aromatic N) is 3. The number of hydrogen-bond acceptors (Lipinski definition) is 3. The highest BCUT2D eigenvalue weighted by molar-refractivity contribution is 5.94. The van der Waals surface area contributed by atoms with Crippen molar-refractivity contribution in [3.05, 3.63) is 17.5 Å². The van der Waals surface area contributed by atoms with Gasteiger partial charge in [0, 0.05) is 19.8 Å². The van der Waals surface area contributed by atoms with Gasteiger partial charge in [0.05, 0.1) is 0 Å². The molecule has 0 spiro atoms. The molecule has 0 aliphatic carbocycles. The first-order valence-corrected chi connectivity index (χ1v) is 4.85. The van der Waals surface area contributed by atoms with Crippen molar-refractivity contribution >= 4 is 11.9 Å². The molecule has 0 aliphatic rings. The molecule has 0 aromatic carbocycles. The van der Waals surface area contributed by atoms with Crippen molar-refractivity contribution in [1.29, 1.82) is 0 Å². The number of carbonyl (C=O) groups is 2. The van der Waals surface area contributed by atoms with Crippen molar-refractivity contribution in [2.75, 3.05) is 7.05 Å². The van der Waals surface area contributed by atoms with Crippen molar-refractivity contribution in [3.8, 4) is 0 Å². The Morgan fingerprint density at radius 3 is 2.50 bits per heavy atom.